The Kier molecular flexibility index (Phi) is 4.39. The minimum absolute atomic E-state index is 0.0194. The Balaban J connectivity index is 1.80. The van der Waals surface area contributed by atoms with E-state index >= 15 is 0 Å². The molecule has 22 heavy (non-hydrogen) atoms. The highest BCUT2D eigenvalue weighted by molar-refractivity contribution is 6.00. The molecule has 1 aliphatic rings. The van der Waals surface area contributed by atoms with Crippen molar-refractivity contribution in [2.75, 3.05) is 18.4 Å². The fourth-order valence-corrected chi connectivity index (χ4v) is 2.69. The minimum atomic E-state index is -0.276. The van der Waals surface area contributed by atoms with Crippen LogP contribution in [-0.4, -0.2) is 35.1 Å². The number of aliphatic hydroxyl groups is 1. The maximum absolute atomic E-state index is 12.7. The minimum Gasteiger partial charge on any atom is -0.393 e. The zero-order valence-electron chi connectivity index (χ0n) is 12.4. The smallest absolute Gasteiger partial charge is 0.255 e. The molecule has 4 nitrogen and oxygen atoms in total. The van der Waals surface area contributed by atoms with Crippen LogP contribution in [-0.2, 0) is 0 Å². The third-order valence-corrected chi connectivity index (χ3v) is 3.96. The Morgan fingerprint density at radius 3 is 2.36 bits per heavy atom. The lowest BCUT2D eigenvalue weighted by atomic mass is 10.1. The van der Waals surface area contributed by atoms with E-state index in [1.54, 1.807) is 0 Å². The van der Waals surface area contributed by atoms with Crippen LogP contribution in [0, 0.1) is 0 Å². The zero-order chi connectivity index (χ0) is 15.4. The molecular formula is C18H20N2O2. The van der Waals surface area contributed by atoms with Gasteiger partial charge in [-0.05, 0) is 37.1 Å². The lowest BCUT2D eigenvalue weighted by molar-refractivity contribution is 0.0547. The quantitative estimate of drug-likeness (QED) is 0.915. The average molecular weight is 296 g/mol. The van der Waals surface area contributed by atoms with Gasteiger partial charge in [0.15, 0.2) is 0 Å². The Hall–Kier alpha value is -2.33. The highest BCUT2D eigenvalue weighted by atomic mass is 16.3. The number of hydrogen-bond acceptors (Lipinski definition) is 3. The van der Waals surface area contributed by atoms with Crippen molar-refractivity contribution in [3.63, 3.8) is 0 Å². The number of hydrogen-bond donors (Lipinski definition) is 2. The van der Waals surface area contributed by atoms with Crippen molar-refractivity contribution in [3.8, 4) is 0 Å². The van der Waals surface area contributed by atoms with Crippen LogP contribution in [0.2, 0.25) is 0 Å². The molecule has 0 radical (unpaired) electrons. The summed E-state index contributed by atoms with van der Waals surface area (Å²) in [7, 11) is 0. The second kappa shape index (κ2) is 6.62. The van der Waals surface area contributed by atoms with Gasteiger partial charge >= 0.3 is 0 Å². The Labute approximate surface area is 130 Å². The van der Waals surface area contributed by atoms with Gasteiger partial charge in [-0.25, -0.2) is 0 Å². The number of amides is 1. The molecule has 0 bridgehead atoms. The topological polar surface area (TPSA) is 52.6 Å². The van der Waals surface area contributed by atoms with Crippen molar-refractivity contribution in [3.05, 3.63) is 60.2 Å². The van der Waals surface area contributed by atoms with Gasteiger partial charge in [0, 0.05) is 18.8 Å². The SMILES string of the molecule is O=C(c1ccccc1Nc1ccccc1)N1CCC(O)CC1. The predicted molar refractivity (Wildman–Crippen MR) is 87.3 cm³/mol. The van der Waals surface area contributed by atoms with Gasteiger partial charge < -0.3 is 15.3 Å². The van der Waals surface area contributed by atoms with Gasteiger partial charge in [-0.15, -0.1) is 0 Å². The maximum atomic E-state index is 12.7. The van der Waals surface area contributed by atoms with Gasteiger partial charge in [-0.2, -0.15) is 0 Å². The molecule has 0 aromatic heterocycles. The molecule has 1 saturated heterocycles. The first kappa shape index (κ1) is 14.6. The second-order valence-electron chi connectivity index (χ2n) is 5.56. The first-order chi connectivity index (χ1) is 10.7. The van der Waals surface area contributed by atoms with Crippen molar-refractivity contribution >= 4 is 17.3 Å². The molecule has 2 aromatic carbocycles. The fraction of sp³-hybridized carbons (Fsp3) is 0.278. The van der Waals surface area contributed by atoms with Crippen molar-refractivity contribution < 1.29 is 9.90 Å². The third-order valence-electron chi connectivity index (χ3n) is 3.96. The van der Waals surface area contributed by atoms with Crippen LogP contribution in [0.25, 0.3) is 0 Å². The van der Waals surface area contributed by atoms with Gasteiger partial charge in [-0.1, -0.05) is 30.3 Å². The monoisotopic (exact) mass is 296 g/mol. The second-order valence-corrected chi connectivity index (χ2v) is 5.56. The molecule has 2 N–H and O–H groups in total. The number of benzene rings is 2. The highest BCUT2D eigenvalue weighted by Gasteiger charge is 2.23. The molecule has 0 spiro atoms. The van der Waals surface area contributed by atoms with Gasteiger partial charge in [0.05, 0.1) is 17.4 Å². The number of aliphatic hydroxyl groups excluding tert-OH is 1. The van der Waals surface area contributed by atoms with E-state index in [1.807, 2.05) is 59.5 Å². The first-order valence-electron chi connectivity index (χ1n) is 7.62. The van der Waals surface area contributed by atoms with E-state index in [9.17, 15) is 9.90 Å². The van der Waals surface area contributed by atoms with E-state index in [-0.39, 0.29) is 12.0 Å². The molecule has 1 heterocycles. The molecule has 1 amide bonds. The van der Waals surface area contributed by atoms with Gasteiger partial charge in [-0.3, -0.25) is 4.79 Å². The number of carbonyl (C=O) groups excluding carboxylic acids is 1. The standard InChI is InChI=1S/C18H20N2O2/c21-15-10-12-20(13-11-15)18(22)16-8-4-5-9-17(16)19-14-6-2-1-3-7-14/h1-9,15,19,21H,10-13H2. The molecule has 4 heteroatoms. The summed E-state index contributed by atoms with van der Waals surface area (Å²) >= 11 is 0. The number of nitrogens with one attached hydrogen (secondary N) is 1. The molecule has 1 fully saturated rings. The normalized spacial score (nSPS) is 15.6. The lowest BCUT2D eigenvalue weighted by Crippen LogP contribution is -2.40. The van der Waals surface area contributed by atoms with E-state index in [4.69, 9.17) is 0 Å². The zero-order valence-corrected chi connectivity index (χ0v) is 12.4. The van der Waals surface area contributed by atoms with Gasteiger partial charge in [0.2, 0.25) is 0 Å². The number of piperidine rings is 1. The summed E-state index contributed by atoms with van der Waals surface area (Å²) in [4.78, 5) is 14.5. The molecule has 0 aliphatic carbocycles. The summed E-state index contributed by atoms with van der Waals surface area (Å²) in [5.74, 6) is 0.0194. The summed E-state index contributed by atoms with van der Waals surface area (Å²) in [6, 6.07) is 17.4. The fourth-order valence-electron chi connectivity index (χ4n) is 2.69. The maximum Gasteiger partial charge on any atom is 0.255 e. The molecule has 3 rings (SSSR count). The largest absolute Gasteiger partial charge is 0.393 e. The summed E-state index contributed by atoms with van der Waals surface area (Å²) in [5, 5.41) is 12.9. The average Bonchev–Trinajstić information content (AvgIpc) is 2.56. The van der Waals surface area contributed by atoms with E-state index in [1.165, 1.54) is 0 Å². The van der Waals surface area contributed by atoms with Crippen molar-refractivity contribution in [1.82, 2.24) is 4.90 Å². The number of para-hydroxylation sites is 2. The molecular weight excluding hydrogens is 276 g/mol. The lowest BCUT2D eigenvalue weighted by Gasteiger charge is -2.30. The van der Waals surface area contributed by atoms with Crippen LogP contribution in [0.5, 0.6) is 0 Å². The van der Waals surface area contributed by atoms with E-state index in [0.717, 1.165) is 11.4 Å². The van der Waals surface area contributed by atoms with Crippen molar-refractivity contribution in [2.24, 2.45) is 0 Å². The van der Waals surface area contributed by atoms with Crippen LogP contribution in [0.15, 0.2) is 54.6 Å². The molecule has 0 unspecified atom stereocenters. The number of rotatable bonds is 3. The predicted octanol–water partition coefficient (Wildman–Crippen LogP) is 3.03. The van der Waals surface area contributed by atoms with E-state index in [2.05, 4.69) is 5.32 Å². The highest BCUT2D eigenvalue weighted by Crippen LogP contribution is 2.23. The summed E-state index contributed by atoms with van der Waals surface area (Å²) in [5.41, 5.74) is 2.43. The summed E-state index contributed by atoms with van der Waals surface area (Å²) < 4.78 is 0. The molecule has 2 aromatic rings. The summed E-state index contributed by atoms with van der Waals surface area (Å²) in [6.07, 6.45) is 1.03. The summed E-state index contributed by atoms with van der Waals surface area (Å²) in [6.45, 7) is 1.22. The van der Waals surface area contributed by atoms with Crippen LogP contribution >= 0.6 is 0 Å². The Morgan fingerprint density at radius 1 is 1.00 bits per heavy atom. The van der Waals surface area contributed by atoms with Crippen LogP contribution in [0.3, 0.4) is 0 Å². The van der Waals surface area contributed by atoms with Crippen LogP contribution in [0.4, 0.5) is 11.4 Å². The molecule has 0 saturated carbocycles. The van der Waals surface area contributed by atoms with Crippen LogP contribution in [0.1, 0.15) is 23.2 Å². The Bertz CT molecular complexity index is 635. The van der Waals surface area contributed by atoms with Gasteiger partial charge in [0.25, 0.3) is 5.91 Å². The van der Waals surface area contributed by atoms with Crippen molar-refractivity contribution in [2.45, 2.75) is 18.9 Å². The molecule has 1 aliphatic heterocycles. The molecule has 0 atom stereocenters. The first-order valence-corrected chi connectivity index (χ1v) is 7.62. The third kappa shape index (κ3) is 3.28. The Morgan fingerprint density at radius 2 is 1.64 bits per heavy atom. The van der Waals surface area contributed by atoms with E-state index in [0.29, 0.717) is 31.5 Å². The number of carbonyl (C=O) groups is 1. The van der Waals surface area contributed by atoms with Crippen molar-refractivity contribution in [1.29, 1.82) is 0 Å². The number of anilines is 2. The van der Waals surface area contributed by atoms with Crippen LogP contribution < -0.4 is 5.32 Å². The number of likely N-dealkylation sites (tertiary alicyclic amines) is 1. The van der Waals surface area contributed by atoms with E-state index < -0.39 is 0 Å². The van der Waals surface area contributed by atoms with Gasteiger partial charge in [0.1, 0.15) is 0 Å². The molecule has 114 valence electrons. The number of nitrogens with zero attached hydrogens (tertiary/aromatic N) is 1.